The molecule has 1 atom stereocenters. The standard InChI is InChI=1S/C14H21NO5/c1-10-4-3-5-12(6-10)20-11(2)13(19)15-14(7-16,8-17)9-18/h3-6,11,16-18H,7-9H2,1-2H3,(H,15,19). The number of carbonyl (C=O) groups excluding carboxylic acids is 1. The summed E-state index contributed by atoms with van der Waals surface area (Å²) in [6.45, 7) is 1.76. The summed E-state index contributed by atoms with van der Waals surface area (Å²) in [6.07, 6.45) is -0.819. The van der Waals surface area contributed by atoms with E-state index >= 15 is 0 Å². The predicted octanol–water partition coefficient (Wildman–Crippen LogP) is -0.406. The summed E-state index contributed by atoms with van der Waals surface area (Å²) >= 11 is 0. The molecule has 1 rings (SSSR count). The summed E-state index contributed by atoms with van der Waals surface area (Å²) in [5.74, 6) is 0.0268. The molecule has 4 N–H and O–H groups in total. The Morgan fingerprint density at radius 1 is 1.30 bits per heavy atom. The molecule has 0 fully saturated rings. The number of benzene rings is 1. The van der Waals surface area contributed by atoms with Gasteiger partial charge in [-0.05, 0) is 31.5 Å². The van der Waals surface area contributed by atoms with Crippen molar-refractivity contribution in [2.45, 2.75) is 25.5 Å². The molecule has 20 heavy (non-hydrogen) atoms. The Bertz CT molecular complexity index is 437. The minimum atomic E-state index is -1.44. The van der Waals surface area contributed by atoms with Crippen molar-refractivity contribution in [3.05, 3.63) is 29.8 Å². The molecule has 1 amide bonds. The number of aliphatic hydroxyl groups excluding tert-OH is 3. The smallest absolute Gasteiger partial charge is 0.261 e. The van der Waals surface area contributed by atoms with E-state index in [1.165, 1.54) is 0 Å². The van der Waals surface area contributed by atoms with E-state index in [0.29, 0.717) is 5.75 Å². The predicted molar refractivity (Wildman–Crippen MR) is 73.4 cm³/mol. The highest BCUT2D eigenvalue weighted by molar-refractivity contribution is 5.81. The molecule has 0 aliphatic rings. The van der Waals surface area contributed by atoms with E-state index in [-0.39, 0.29) is 0 Å². The summed E-state index contributed by atoms with van der Waals surface area (Å²) < 4.78 is 5.48. The molecule has 6 nitrogen and oxygen atoms in total. The Hall–Kier alpha value is -1.63. The third-order valence-corrected chi connectivity index (χ3v) is 2.97. The third-order valence-electron chi connectivity index (χ3n) is 2.97. The molecule has 1 aromatic rings. The summed E-state index contributed by atoms with van der Waals surface area (Å²) in [5, 5.41) is 29.9. The van der Waals surface area contributed by atoms with Crippen molar-refractivity contribution >= 4 is 5.91 Å². The van der Waals surface area contributed by atoms with Crippen molar-refractivity contribution in [1.82, 2.24) is 5.32 Å². The lowest BCUT2D eigenvalue weighted by Gasteiger charge is -2.30. The van der Waals surface area contributed by atoms with E-state index in [4.69, 9.17) is 20.1 Å². The van der Waals surface area contributed by atoms with Gasteiger partial charge in [0.2, 0.25) is 0 Å². The molecule has 0 aliphatic carbocycles. The fourth-order valence-electron chi connectivity index (χ4n) is 1.58. The number of hydrogen-bond acceptors (Lipinski definition) is 5. The third kappa shape index (κ3) is 4.19. The monoisotopic (exact) mass is 283 g/mol. The van der Waals surface area contributed by atoms with Crippen molar-refractivity contribution in [2.24, 2.45) is 0 Å². The lowest BCUT2D eigenvalue weighted by Crippen LogP contribution is -2.59. The minimum Gasteiger partial charge on any atom is -0.481 e. The first-order valence-corrected chi connectivity index (χ1v) is 6.34. The number of ether oxygens (including phenoxy) is 1. The van der Waals surface area contributed by atoms with Gasteiger partial charge >= 0.3 is 0 Å². The van der Waals surface area contributed by atoms with Gasteiger partial charge in [-0.3, -0.25) is 4.79 Å². The number of aryl methyl sites for hydroxylation is 1. The Kier molecular flexibility index (Phi) is 5.94. The summed E-state index contributed by atoms with van der Waals surface area (Å²) in [5.41, 5.74) is -0.438. The maximum Gasteiger partial charge on any atom is 0.261 e. The molecule has 0 aliphatic heterocycles. The summed E-state index contributed by atoms with van der Waals surface area (Å²) in [7, 11) is 0. The molecule has 112 valence electrons. The molecular weight excluding hydrogens is 262 g/mol. The van der Waals surface area contributed by atoms with Crippen molar-refractivity contribution in [1.29, 1.82) is 0 Å². The highest BCUT2D eigenvalue weighted by Crippen LogP contribution is 2.14. The lowest BCUT2D eigenvalue weighted by atomic mass is 10.0. The van der Waals surface area contributed by atoms with Crippen LogP contribution in [-0.4, -0.2) is 52.7 Å². The van der Waals surface area contributed by atoms with E-state index < -0.39 is 37.4 Å². The van der Waals surface area contributed by atoms with Crippen LogP contribution in [0.3, 0.4) is 0 Å². The molecule has 0 bridgehead atoms. The van der Waals surface area contributed by atoms with Gasteiger partial charge in [-0.15, -0.1) is 0 Å². The summed E-state index contributed by atoms with van der Waals surface area (Å²) in [4.78, 5) is 12.0. The van der Waals surface area contributed by atoms with E-state index in [0.717, 1.165) is 5.56 Å². The fourth-order valence-corrected chi connectivity index (χ4v) is 1.58. The topological polar surface area (TPSA) is 99.0 Å². The molecule has 6 heteroatoms. The highest BCUT2D eigenvalue weighted by Gasteiger charge is 2.32. The van der Waals surface area contributed by atoms with Crippen molar-refractivity contribution in [3.8, 4) is 5.75 Å². The second-order valence-corrected chi connectivity index (χ2v) is 4.82. The molecule has 0 saturated heterocycles. The number of nitrogens with one attached hydrogen (secondary N) is 1. The first-order valence-electron chi connectivity index (χ1n) is 6.34. The van der Waals surface area contributed by atoms with Crippen LogP contribution in [0, 0.1) is 6.92 Å². The maximum atomic E-state index is 12.0. The average molecular weight is 283 g/mol. The van der Waals surface area contributed by atoms with Gasteiger partial charge in [-0.25, -0.2) is 0 Å². The van der Waals surface area contributed by atoms with Gasteiger partial charge in [0.1, 0.15) is 11.3 Å². The first-order chi connectivity index (χ1) is 9.46. The van der Waals surface area contributed by atoms with Gasteiger partial charge < -0.3 is 25.4 Å². The van der Waals surface area contributed by atoms with Crippen LogP contribution in [0.25, 0.3) is 0 Å². The molecule has 0 radical (unpaired) electrons. The normalized spacial score (nSPS) is 12.8. The Morgan fingerprint density at radius 2 is 1.90 bits per heavy atom. The zero-order valence-electron chi connectivity index (χ0n) is 11.7. The van der Waals surface area contributed by atoms with Crippen LogP contribution in [0.4, 0.5) is 0 Å². The Balaban J connectivity index is 2.67. The van der Waals surface area contributed by atoms with Gasteiger partial charge in [-0.1, -0.05) is 12.1 Å². The molecule has 0 aromatic heterocycles. The van der Waals surface area contributed by atoms with E-state index in [2.05, 4.69) is 5.32 Å². The fraction of sp³-hybridized carbons (Fsp3) is 0.500. The van der Waals surface area contributed by atoms with E-state index in [1.54, 1.807) is 19.1 Å². The van der Waals surface area contributed by atoms with Crippen LogP contribution < -0.4 is 10.1 Å². The summed E-state index contributed by atoms with van der Waals surface area (Å²) in [6, 6.07) is 7.25. The Morgan fingerprint density at radius 3 is 2.40 bits per heavy atom. The number of hydrogen-bond donors (Lipinski definition) is 4. The second kappa shape index (κ2) is 7.23. The number of aliphatic hydroxyl groups is 3. The SMILES string of the molecule is Cc1cccc(OC(C)C(=O)NC(CO)(CO)CO)c1. The second-order valence-electron chi connectivity index (χ2n) is 4.82. The molecular formula is C14H21NO5. The number of amides is 1. The Labute approximate surface area is 118 Å². The van der Waals surface area contributed by atoms with E-state index in [9.17, 15) is 4.79 Å². The van der Waals surface area contributed by atoms with Crippen molar-refractivity contribution < 1.29 is 24.9 Å². The molecule has 0 saturated carbocycles. The molecule has 0 spiro atoms. The zero-order valence-corrected chi connectivity index (χ0v) is 11.7. The molecule has 1 unspecified atom stereocenters. The maximum absolute atomic E-state index is 12.0. The van der Waals surface area contributed by atoms with Gasteiger partial charge in [0.25, 0.3) is 5.91 Å². The van der Waals surface area contributed by atoms with Crippen LogP contribution in [-0.2, 0) is 4.79 Å². The van der Waals surface area contributed by atoms with Crippen molar-refractivity contribution in [3.63, 3.8) is 0 Å². The van der Waals surface area contributed by atoms with Gasteiger partial charge in [0.15, 0.2) is 6.10 Å². The highest BCUT2D eigenvalue weighted by atomic mass is 16.5. The van der Waals surface area contributed by atoms with Crippen LogP contribution in [0.1, 0.15) is 12.5 Å². The molecule has 0 heterocycles. The van der Waals surface area contributed by atoms with Crippen LogP contribution in [0.5, 0.6) is 5.75 Å². The quantitative estimate of drug-likeness (QED) is 0.545. The van der Waals surface area contributed by atoms with Crippen LogP contribution in [0.15, 0.2) is 24.3 Å². The average Bonchev–Trinajstić information content (AvgIpc) is 2.44. The molecule has 1 aromatic carbocycles. The largest absolute Gasteiger partial charge is 0.481 e. The minimum absolute atomic E-state index is 0.524. The van der Waals surface area contributed by atoms with Crippen LogP contribution >= 0.6 is 0 Å². The van der Waals surface area contributed by atoms with Gasteiger partial charge in [-0.2, -0.15) is 0 Å². The van der Waals surface area contributed by atoms with Crippen LogP contribution in [0.2, 0.25) is 0 Å². The van der Waals surface area contributed by atoms with E-state index in [1.807, 2.05) is 19.1 Å². The van der Waals surface area contributed by atoms with Gasteiger partial charge in [0, 0.05) is 0 Å². The number of carbonyl (C=O) groups is 1. The zero-order chi connectivity index (χ0) is 15.2. The number of rotatable bonds is 7. The van der Waals surface area contributed by atoms with Crippen molar-refractivity contribution in [2.75, 3.05) is 19.8 Å². The first kappa shape index (κ1) is 16.4. The van der Waals surface area contributed by atoms with Gasteiger partial charge in [0.05, 0.1) is 19.8 Å². The lowest BCUT2D eigenvalue weighted by molar-refractivity contribution is -0.131.